The number of halogens is 2. The van der Waals surface area contributed by atoms with E-state index in [0.29, 0.717) is 12.3 Å². The summed E-state index contributed by atoms with van der Waals surface area (Å²) in [5.74, 6) is -0.345. The number of benzene rings is 2. The molecular formula is C22H27ClFN3O2. The van der Waals surface area contributed by atoms with Crippen LogP contribution in [-0.2, 0) is 11.3 Å². The molecule has 0 aromatic heterocycles. The topological polar surface area (TPSA) is 44.8 Å². The molecule has 5 nitrogen and oxygen atoms in total. The van der Waals surface area contributed by atoms with Crippen molar-refractivity contribution in [2.24, 2.45) is 0 Å². The van der Waals surface area contributed by atoms with Crippen LogP contribution in [0, 0.1) is 5.82 Å². The minimum atomic E-state index is -0.437. The Morgan fingerprint density at radius 2 is 1.79 bits per heavy atom. The van der Waals surface area contributed by atoms with Crippen LogP contribution in [0.1, 0.15) is 12.0 Å². The predicted octanol–water partition coefficient (Wildman–Crippen LogP) is 3.18. The summed E-state index contributed by atoms with van der Waals surface area (Å²) >= 11 is 5.88. The lowest BCUT2D eigenvalue weighted by Crippen LogP contribution is -2.46. The second-order valence-electron chi connectivity index (χ2n) is 7.17. The monoisotopic (exact) mass is 419 g/mol. The summed E-state index contributed by atoms with van der Waals surface area (Å²) in [5.41, 5.74) is 1.35. The molecule has 2 aromatic rings. The second kappa shape index (κ2) is 11.1. The van der Waals surface area contributed by atoms with Crippen LogP contribution >= 0.6 is 11.6 Å². The van der Waals surface area contributed by atoms with Crippen LogP contribution in [0.4, 0.5) is 4.39 Å². The SMILES string of the molecule is O=C(COc1ccc(F)cc1Cl)NCCCN1CCN(Cc2ccccc2)CC1. The molecule has 156 valence electrons. The molecule has 29 heavy (non-hydrogen) atoms. The largest absolute Gasteiger partial charge is 0.482 e. The average Bonchev–Trinajstić information content (AvgIpc) is 2.72. The van der Waals surface area contributed by atoms with E-state index < -0.39 is 5.82 Å². The van der Waals surface area contributed by atoms with Gasteiger partial charge in [0, 0.05) is 39.3 Å². The third kappa shape index (κ3) is 7.31. The van der Waals surface area contributed by atoms with Gasteiger partial charge < -0.3 is 15.0 Å². The van der Waals surface area contributed by atoms with Crippen molar-refractivity contribution >= 4 is 17.5 Å². The molecule has 0 spiro atoms. The molecule has 2 aromatic carbocycles. The number of hydrogen-bond donors (Lipinski definition) is 1. The standard InChI is InChI=1S/C22H27ClFN3O2/c23-20-15-19(24)7-8-21(20)29-17-22(28)25-9-4-10-26-11-13-27(14-12-26)16-18-5-2-1-3-6-18/h1-3,5-8,15H,4,9-14,16-17H2,(H,25,28). The van der Waals surface area contributed by atoms with E-state index >= 15 is 0 Å². The molecule has 1 saturated heterocycles. The van der Waals surface area contributed by atoms with Gasteiger partial charge in [0.1, 0.15) is 11.6 Å². The molecule has 1 amide bonds. The molecule has 1 fully saturated rings. The van der Waals surface area contributed by atoms with E-state index in [0.717, 1.165) is 51.8 Å². The third-order valence-electron chi connectivity index (χ3n) is 4.94. The van der Waals surface area contributed by atoms with Crippen LogP contribution in [0.2, 0.25) is 5.02 Å². The van der Waals surface area contributed by atoms with Gasteiger partial charge in [-0.15, -0.1) is 0 Å². The Kier molecular flexibility index (Phi) is 8.28. The average molecular weight is 420 g/mol. The zero-order valence-electron chi connectivity index (χ0n) is 16.4. The molecule has 0 atom stereocenters. The highest BCUT2D eigenvalue weighted by molar-refractivity contribution is 6.32. The molecule has 1 aliphatic heterocycles. The number of nitrogens with zero attached hydrogens (tertiary/aromatic N) is 2. The summed E-state index contributed by atoms with van der Waals surface area (Å²) in [6.45, 7) is 6.65. The fraction of sp³-hybridized carbons (Fsp3) is 0.409. The molecule has 1 heterocycles. The molecule has 0 bridgehead atoms. The number of rotatable bonds is 9. The van der Waals surface area contributed by atoms with E-state index in [1.54, 1.807) is 0 Å². The number of carbonyl (C=O) groups excluding carboxylic acids is 1. The van der Waals surface area contributed by atoms with E-state index in [4.69, 9.17) is 16.3 Å². The van der Waals surface area contributed by atoms with E-state index in [-0.39, 0.29) is 17.5 Å². The highest BCUT2D eigenvalue weighted by Gasteiger charge is 2.16. The fourth-order valence-corrected chi connectivity index (χ4v) is 3.55. The highest BCUT2D eigenvalue weighted by Crippen LogP contribution is 2.24. The zero-order valence-corrected chi connectivity index (χ0v) is 17.2. The van der Waals surface area contributed by atoms with Crippen molar-refractivity contribution in [2.75, 3.05) is 45.9 Å². The quantitative estimate of drug-likeness (QED) is 0.634. The lowest BCUT2D eigenvalue weighted by atomic mass is 10.2. The van der Waals surface area contributed by atoms with Gasteiger partial charge in [-0.05, 0) is 36.7 Å². The maximum Gasteiger partial charge on any atom is 0.257 e. The predicted molar refractivity (Wildman–Crippen MR) is 113 cm³/mol. The van der Waals surface area contributed by atoms with Crippen molar-refractivity contribution in [3.63, 3.8) is 0 Å². The van der Waals surface area contributed by atoms with Gasteiger partial charge in [-0.25, -0.2) is 4.39 Å². The summed E-state index contributed by atoms with van der Waals surface area (Å²) in [7, 11) is 0. The number of piperazine rings is 1. The molecule has 3 rings (SSSR count). The lowest BCUT2D eigenvalue weighted by Gasteiger charge is -2.34. The van der Waals surface area contributed by atoms with E-state index in [9.17, 15) is 9.18 Å². The molecule has 1 N–H and O–H groups in total. The van der Waals surface area contributed by atoms with Crippen molar-refractivity contribution in [1.82, 2.24) is 15.1 Å². The first kappa shape index (κ1) is 21.6. The van der Waals surface area contributed by atoms with Gasteiger partial charge in [-0.3, -0.25) is 9.69 Å². The minimum absolute atomic E-state index is 0.135. The maximum absolute atomic E-state index is 13.0. The van der Waals surface area contributed by atoms with E-state index in [1.165, 1.54) is 17.7 Å². The zero-order chi connectivity index (χ0) is 20.5. The van der Waals surface area contributed by atoms with Crippen molar-refractivity contribution in [2.45, 2.75) is 13.0 Å². The van der Waals surface area contributed by atoms with Crippen molar-refractivity contribution in [3.05, 3.63) is 64.9 Å². The summed E-state index contributed by atoms with van der Waals surface area (Å²) in [6.07, 6.45) is 0.891. The lowest BCUT2D eigenvalue weighted by molar-refractivity contribution is -0.123. The highest BCUT2D eigenvalue weighted by atomic mass is 35.5. The summed E-state index contributed by atoms with van der Waals surface area (Å²) < 4.78 is 18.3. The van der Waals surface area contributed by atoms with E-state index in [2.05, 4.69) is 39.4 Å². The first-order valence-corrected chi connectivity index (χ1v) is 10.3. The summed E-state index contributed by atoms with van der Waals surface area (Å²) in [5, 5.41) is 3.00. The van der Waals surface area contributed by atoms with Crippen LogP contribution in [0.3, 0.4) is 0 Å². The first-order valence-electron chi connectivity index (χ1n) is 9.93. The minimum Gasteiger partial charge on any atom is -0.482 e. The Morgan fingerprint density at radius 3 is 2.52 bits per heavy atom. The second-order valence-corrected chi connectivity index (χ2v) is 7.58. The third-order valence-corrected chi connectivity index (χ3v) is 5.24. The Bertz CT molecular complexity index is 783. The van der Waals surface area contributed by atoms with Gasteiger partial charge >= 0.3 is 0 Å². The van der Waals surface area contributed by atoms with Crippen LogP contribution in [0.15, 0.2) is 48.5 Å². The Labute approximate surface area is 176 Å². The van der Waals surface area contributed by atoms with Gasteiger partial charge in [-0.1, -0.05) is 41.9 Å². The molecule has 1 aliphatic rings. The van der Waals surface area contributed by atoms with Crippen molar-refractivity contribution < 1.29 is 13.9 Å². The number of carbonyl (C=O) groups is 1. The maximum atomic E-state index is 13.0. The Hall–Kier alpha value is -2.15. The molecule has 0 saturated carbocycles. The summed E-state index contributed by atoms with van der Waals surface area (Å²) in [6, 6.07) is 14.4. The van der Waals surface area contributed by atoms with E-state index in [1.807, 2.05) is 6.07 Å². The molecule has 0 radical (unpaired) electrons. The van der Waals surface area contributed by atoms with Gasteiger partial charge in [0.2, 0.25) is 0 Å². The number of ether oxygens (including phenoxy) is 1. The first-order chi connectivity index (χ1) is 14.1. The van der Waals surface area contributed by atoms with Crippen molar-refractivity contribution in [3.8, 4) is 5.75 Å². The number of amides is 1. The fourth-order valence-electron chi connectivity index (χ4n) is 3.33. The summed E-state index contributed by atoms with van der Waals surface area (Å²) in [4.78, 5) is 16.8. The number of hydrogen-bond acceptors (Lipinski definition) is 4. The Morgan fingerprint density at radius 1 is 1.07 bits per heavy atom. The van der Waals surface area contributed by atoms with Crippen LogP contribution < -0.4 is 10.1 Å². The van der Waals surface area contributed by atoms with Gasteiger partial charge in [0.15, 0.2) is 6.61 Å². The van der Waals surface area contributed by atoms with Gasteiger partial charge in [0.25, 0.3) is 5.91 Å². The molecule has 0 aliphatic carbocycles. The number of nitrogens with one attached hydrogen (secondary N) is 1. The van der Waals surface area contributed by atoms with Crippen molar-refractivity contribution in [1.29, 1.82) is 0 Å². The molecule has 7 heteroatoms. The van der Waals surface area contributed by atoms with Gasteiger partial charge in [0.05, 0.1) is 5.02 Å². The van der Waals surface area contributed by atoms with Gasteiger partial charge in [-0.2, -0.15) is 0 Å². The van der Waals surface area contributed by atoms with Crippen LogP contribution in [-0.4, -0.2) is 61.6 Å². The van der Waals surface area contributed by atoms with Crippen LogP contribution in [0.5, 0.6) is 5.75 Å². The smallest absolute Gasteiger partial charge is 0.257 e. The molecule has 0 unspecified atom stereocenters. The Balaban J connectivity index is 1.26. The normalized spacial score (nSPS) is 15.2. The van der Waals surface area contributed by atoms with Crippen LogP contribution in [0.25, 0.3) is 0 Å². The molecular weight excluding hydrogens is 393 g/mol.